The van der Waals surface area contributed by atoms with Crippen LogP contribution in [0.5, 0.6) is 0 Å². The van der Waals surface area contributed by atoms with Gasteiger partial charge in [0.15, 0.2) is 0 Å². The number of nitrogens with one attached hydrogen (secondary N) is 1. The molecule has 0 atom stereocenters. The summed E-state index contributed by atoms with van der Waals surface area (Å²) in [5.74, 6) is -0.194. The second-order valence-corrected chi connectivity index (χ2v) is 7.05. The van der Waals surface area contributed by atoms with E-state index < -0.39 is 17.6 Å². The quantitative estimate of drug-likeness (QED) is 0.861. The van der Waals surface area contributed by atoms with E-state index in [9.17, 15) is 22.8 Å². The Morgan fingerprint density at radius 1 is 1.15 bits per heavy atom. The van der Waals surface area contributed by atoms with Gasteiger partial charge in [0.2, 0.25) is 11.8 Å². The first-order valence-corrected chi connectivity index (χ1v) is 8.79. The summed E-state index contributed by atoms with van der Waals surface area (Å²) in [6, 6.07) is 3.24. The number of halogens is 4. The maximum atomic E-state index is 13.1. The molecule has 2 fully saturated rings. The highest BCUT2D eigenvalue weighted by molar-refractivity contribution is 6.30. The van der Waals surface area contributed by atoms with Crippen molar-refractivity contribution in [1.29, 1.82) is 0 Å². The van der Waals surface area contributed by atoms with Gasteiger partial charge in [-0.3, -0.25) is 14.5 Å². The van der Waals surface area contributed by atoms with Crippen LogP contribution in [-0.4, -0.2) is 54.3 Å². The highest BCUT2D eigenvalue weighted by Crippen LogP contribution is 2.36. The topological polar surface area (TPSA) is 52.7 Å². The van der Waals surface area contributed by atoms with E-state index in [-0.39, 0.29) is 29.1 Å². The molecule has 1 saturated heterocycles. The molecular formula is C17H19ClF3N3O2. The van der Waals surface area contributed by atoms with Gasteiger partial charge >= 0.3 is 6.18 Å². The molecule has 142 valence electrons. The minimum atomic E-state index is -4.61. The Morgan fingerprint density at radius 3 is 2.38 bits per heavy atom. The third-order valence-corrected chi connectivity index (χ3v) is 4.77. The number of hydrogen-bond donors (Lipinski definition) is 1. The maximum absolute atomic E-state index is 13.1. The van der Waals surface area contributed by atoms with E-state index >= 15 is 0 Å². The minimum Gasteiger partial charge on any atom is -0.340 e. The lowest BCUT2D eigenvalue weighted by Gasteiger charge is -2.34. The molecule has 0 aromatic heterocycles. The molecule has 2 aliphatic rings. The molecule has 0 radical (unpaired) electrons. The summed E-state index contributed by atoms with van der Waals surface area (Å²) in [6.07, 6.45) is -2.71. The van der Waals surface area contributed by atoms with Crippen molar-refractivity contribution in [3.8, 4) is 0 Å². The fraction of sp³-hybridized carbons (Fsp3) is 0.529. The first-order chi connectivity index (χ1) is 12.2. The Morgan fingerprint density at radius 2 is 1.81 bits per heavy atom. The van der Waals surface area contributed by atoms with E-state index in [2.05, 4.69) is 5.32 Å². The van der Waals surface area contributed by atoms with Crippen LogP contribution in [0.4, 0.5) is 18.9 Å². The Kier molecular flexibility index (Phi) is 5.43. The van der Waals surface area contributed by atoms with Crippen LogP contribution in [0.25, 0.3) is 0 Å². The number of carbonyl (C=O) groups excluding carboxylic acids is 2. The van der Waals surface area contributed by atoms with Gasteiger partial charge in [-0.2, -0.15) is 13.2 Å². The predicted molar refractivity (Wildman–Crippen MR) is 90.8 cm³/mol. The van der Waals surface area contributed by atoms with Crippen molar-refractivity contribution in [2.75, 3.05) is 38.0 Å². The first kappa shape index (κ1) is 19.0. The van der Waals surface area contributed by atoms with E-state index in [1.807, 2.05) is 4.90 Å². The maximum Gasteiger partial charge on any atom is 0.418 e. The Bertz CT molecular complexity index is 699. The van der Waals surface area contributed by atoms with Crippen LogP contribution in [0.2, 0.25) is 5.02 Å². The van der Waals surface area contributed by atoms with Crippen molar-refractivity contribution in [1.82, 2.24) is 9.80 Å². The molecule has 1 saturated carbocycles. The van der Waals surface area contributed by atoms with Gasteiger partial charge in [0.1, 0.15) is 0 Å². The standard InChI is InChI=1S/C17H19ClF3N3O2/c18-12-3-4-14(13(9-12)17(19,20)21)22-15(25)10-23-5-7-24(8-6-23)16(26)11-1-2-11/h3-4,9,11H,1-2,5-8,10H2,(H,22,25). The number of nitrogens with zero attached hydrogens (tertiary/aromatic N) is 2. The van der Waals surface area contributed by atoms with Gasteiger partial charge in [0, 0.05) is 37.1 Å². The highest BCUT2D eigenvalue weighted by Gasteiger charge is 2.36. The fourth-order valence-corrected chi connectivity index (χ4v) is 3.14. The molecule has 0 unspecified atom stereocenters. The molecule has 9 heteroatoms. The summed E-state index contributed by atoms with van der Waals surface area (Å²) in [5, 5.41) is 2.26. The first-order valence-electron chi connectivity index (χ1n) is 8.42. The summed E-state index contributed by atoms with van der Waals surface area (Å²) < 4.78 is 39.2. The second kappa shape index (κ2) is 7.44. The van der Waals surface area contributed by atoms with Gasteiger partial charge in [0.05, 0.1) is 17.8 Å². The fourth-order valence-electron chi connectivity index (χ4n) is 2.97. The average Bonchev–Trinajstić information content (AvgIpc) is 3.40. The molecule has 5 nitrogen and oxygen atoms in total. The second-order valence-electron chi connectivity index (χ2n) is 6.61. The minimum absolute atomic E-state index is 0.0224. The van der Waals surface area contributed by atoms with Crippen LogP contribution in [0, 0.1) is 5.92 Å². The van der Waals surface area contributed by atoms with Crippen molar-refractivity contribution in [3.63, 3.8) is 0 Å². The molecule has 1 heterocycles. The molecule has 0 spiro atoms. The van der Waals surface area contributed by atoms with Crippen LogP contribution >= 0.6 is 11.6 Å². The van der Waals surface area contributed by atoms with Gasteiger partial charge in [-0.05, 0) is 31.0 Å². The van der Waals surface area contributed by atoms with E-state index in [1.165, 1.54) is 6.07 Å². The van der Waals surface area contributed by atoms with Crippen molar-refractivity contribution < 1.29 is 22.8 Å². The Hall–Kier alpha value is -1.80. The van der Waals surface area contributed by atoms with Gasteiger partial charge in [-0.1, -0.05) is 11.6 Å². The zero-order valence-corrected chi connectivity index (χ0v) is 14.7. The van der Waals surface area contributed by atoms with E-state index in [0.29, 0.717) is 26.2 Å². The summed E-state index contributed by atoms with van der Waals surface area (Å²) in [5.41, 5.74) is -1.28. The number of rotatable bonds is 4. The third kappa shape index (κ3) is 4.67. The number of alkyl halides is 3. The molecular weight excluding hydrogens is 371 g/mol. The molecule has 26 heavy (non-hydrogen) atoms. The molecule has 1 aliphatic carbocycles. The Balaban J connectivity index is 1.54. The lowest BCUT2D eigenvalue weighted by molar-refractivity contribution is -0.137. The molecule has 1 aliphatic heterocycles. The van der Waals surface area contributed by atoms with E-state index in [4.69, 9.17) is 11.6 Å². The number of amides is 2. The molecule has 0 bridgehead atoms. The summed E-state index contributed by atoms with van der Waals surface area (Å²) >= 11 is 5.63. The smallest absolute Gasteiger partial charge is 0.340 e. The van der Waals surface area contributed by atoms with Crippen LogP contribution < -0.4 is 5.32 Å². The number of carbonyl (C=O) groups is 2. The van der Waals surface area contributed by atoms with Crippen molar-refractivity contribution in [2.24, 2.45) is 5.92 Å². The van der Waals surface area contributed by atoms with Crippen LogP contribution in [-0.2, 0) is 15.8 Å². The normalized spacial score (nSPS) is 18.7. The summed E-state index contributed by atoms with van der Waals surface area (Å²) in [4.78, 5) is 27.8. The molecule has 1 aromatic rings. The zero-order chi connectivity index (χ0) is 18.9. The van der Waals surface area contributed by atoms with Gasteiger partial charge in [0.25, 0.3) is 0 Å². The average molecular weight is 390 g/mol. The number of benzene rings is 1. The van der Waals surface area contributed by atoms with Crippen LogP contribution in [0.15, 0.2) is 18.2 Å². The number of hydrogen-bond acceptors (Lipinski definition) is 3. The lowest BCUT2D eigenvalue weighted by Crippen LogP contribution is -2.50. The molecule has 2 amide bonds. The zero-order valence-electron chi connectivity index (χ0n) is 14.0. The summed E-state index contributed by atoms with van der Waals surface area (Å²) in [7, 11) is 0. The molecule has 3 rings (SSSR count). The van der Waals surface area contributed by atoms with Crippen molar-refractivity contribution >= 4 is 29.1 Å². The van der Waals surface area contributed by atoms with Crippen molar-refractivity contribution in [2.45, 2.75) is 19.0 Å². The number of anilines is 1. The van der Waals surface area contributed by atoms with E-state index in [1.54, 1.807) is 4.90 Å². The van der Waals surface area contributed by atoms with E-state index in [0.717, 1.165) is 25.0 Å². The van der Waals surface area contributed by atoms with Gasteiger partial charge < -0.3 is 10.2 Å². The SMILES string of the molecule is O=C(CN1CCN(C(=O)C2CC2)CC1)Nc1ccc(Cl)cc1C(F)(F)F. The van der Waals surface area contributed by atoms with Crippen LogP contribution in [0.3, 0.4) is 0 Å². The highest BCUT2D eigenvalue weighted by atomic mass is 35.5. The lowest BCUT2D eigenvalue weighted by atomic mass is 10.1. The van der Waals surface area contributed by atoms with Gasteiger partial charge in [-0.25, -0.2) is 0 Å². The summed E-state index contributed by atoms with van der Waals surface area (Å²) in [6.45, 7) is 2.11. The monoisotopic (exact) mass is 389 g/mol. The number of piperazine rings is 1. The largest absolute Gasteiger partial charge is 0.418 e. The molecule has 1 aromatic carbocycles. The van der Waals surface area contributed by atoms with Gasteiger partial charge in [-0.15, -0.1) is 0 Å². The van der Waals surface area contributed by atoms with Crippen molar-refractivity contribution in [3.05, 3.63) is 28.8 Å². The Labute approximate surface area is 154 Å². The predicted octanol–water partition coefficient (Wildman–Crippen LogP) is 2.85. The van der Waals surface area contributed by atoms with Crippen LogP contribution in [0.1, 0.15) is 18.4 Å². The third-order valence-electron chi connectivity index (χ3n) is 4.54. The molecule has 1 N–H and O–H groups in total.